The summed E-state index contributed by atoms with van der Waals surface area (Å²) in [6.45, 7) is -0.403. The minimum Gasteiger partial charge on any atom is -0.497 e. The molecule has 3 aromatic carbocycles. The van der Waals surface area contributed by atoms with Crippen molar-refractivity contribution in [2.75, 3.05) is 31.3 Å². The fraction of sp³-hybridized carbons (Fsp3) is 0.375. The highest BCUT2D eigenvalue weighted by Crippen LogP contribution is 2.34. The van der Waals surface area contributed by atoms with Gasteiger partial charge in [-0.1, -0.05) is 73.5 Å². The van der Waals surface area contributed by atoms with Gasteiger partial charge < -0.3 is 19.7 Å². The monoisotopic (exact) mass is 593 g/mol. The van der Waals surface area contributed by atoms with Gasteiger partial charge in [-0.25, -0.2) is 8.42 Å². The minimum absolute atomic E-state index is 0.0537. The molecule has 1 unspecified atom stereocenters. The number of methoxy groups -OCH3 is 2. The molecule has 0 radical (unpaired) electrons. The van der Waals surface area contributed by atoms with Gasteiger partial charge in [-0.2, -0.15) is 0 Å². The van der Waals surface area contributed by atoms with Crippen molar-refractivity contribution in [1.29, 1.82) is 0 Å². The average Bonchev–Trinajstić information content (AvgIpc) is 3.50. The molecule has 42 heavy (non-hydrogen) atoms. The molecule has 224 valence electrons. The number of carbonyl (C=O) groups is 2. The van der Waals surface area contributed by atoms with Crippen LogP contribution in [0.2, 0.25) is 0 Å². The molecule has 3 aromatic rings. The van der Waals surface area contributed by atoms with E-state index in [1.165, 1.54) is 25.2 Å². The van der Waals surface area contributed by atoms with Crippen LogP contribution >= 0.6 is 0 Å². The van der Waals surface area contributed by atoms with Crippen molar-refractivity contribution >= 4 is 27.5 Å². The molecule has 1 atom stereocenters. The van der Waals surface area contributed by atoms with Gasteiger partial charge in [0.1, 0.15) is 24.1 Å². The Bertz CT molecular complexity index is 1440. The third kappa shape index (κ3) is 8.03. The lowest BCUT2D eigenvalue weighted by Gasteiger charge is -2.34. The molecular weight excluding hydrogens is 554 g/mol. The molecule has 0 aromatic heterocycles. The largest absolute Gasteiger partial charge is 0.497 e. The normalized spacial score (nSPS) is 14.2. The Morgan fingerprint density at radius 3 is 2.10 bits per heavy atom. The standard InChI is InChI=1S/C32H39N3O6S/c1-40-27-18-19-30(41-2)28(21-27)35(42(3,38)39)23-31(36)34(22-25-14-8-5-9-15-25)29(20-24-12-6-4-7-13-24)32(37)33-26-16-10-11-17-26/h4-9,12-15,18-19,21,26,29H,10-11,16-17,20,22-23H2,1-3H3,(H,33,37). The zero-order valence-electron chi connectivity index (χ0n) is 24.4. The number of carbonyl (C=O) groups excluding carboxylic acids is 2. The topological polar surface area (TPSA) is 105 Å². The van der Waals surface area contributed by atoms with E-state index in [2.05, 4.69) is 5.32 Å². The van der Waals surface area contributed by atoms with E-state index in [9.17, 15) is 18.0 Å². The number of nitrogens with zero attached hydrogens (tertiary/aromatic N) is 2. The number of hydrogen-bond acceptors (Lipinski definition) is 6. The van der Waals surface area contributed by atoms with Gasteiger partial charge in [0.05, 0.1) is 26.2 Å². The summed E-state index contributed by atoms with van der Waals surface area (Å²) in [6, 6.07) is 22.9. The van der Waals surface area contributed by atoms with Crippen LogP contribution in [0.25, 0.3) is 0 Å². The van der Waals surface area contributed by atoms with E-state index in [-0.39, 0.29) is 36.4 Å². The van der Waals surface area contributed by atoms with Crippen LogP contribution in [0, 0.1) is 0 Å². The number of benzene rings is 3. The molecule has 0 aliphatic heterocycles. The van der Waals surface area contributed by atoms with E-state index in [0.29, 0.717) is 5.75 Å². The van der Waals surface area contributed by atoms with E-state index in [4.69, 9.17) is 9.47 Å². The van der Waals surface area contributed by atoms with Crippen LogP contribution < -0.4 is 19.1 Å². The number of sulfonamides is 1. The van der Waals surface area contributed by atoms with Crippen LogP contribution in [0.15, 0.2) is 78.9 Å². The molecule has 2 amide bonds. The quantitative estimate of drug-likeness (QED) is 0.319. The summed E-state index contributed by atoms with van der Waals surface area (Å²) in [4.78, 5) is 29.7. The molecule has 0 heterocycles. The Balaban J connectivity index is 1.74. The first-order chi connectivity index (χ1) is 20.2. The Hall–Kier alpha value is -4.05. The predicted molar refractivity (Wildman–Crippen MR) is 163 cm³/mol. The highest BCUT2D eigenvalue weighted by atomic mass is 32.2. The summed E-state index contributed by atoms with van der Waals surface area (Å²) >= 11 is 0. The minimum atomic E-state index is -3.95. The Kier molecular flexibility index (Phi) is 10.5. The van der Waals surface area contributed by atoms with Crippen molar-refractivity contribution in [3.63, 3.8) is 0 Å². The van der Waals surface area contributed by atoms with Gasteiger partial charge in [0.2, 0.25) is 21.8 Å². The molecule has 1 fully saturated rings. The van der Waals surface area contributed by atoms with Crippen LogP contribution in [-0.2, 0) is 32.6 Å². The van der Waals surface area contributed by atoms with Gasteiger partial charge in [0.25, 0.3) is 0 Å². The van der Waals surface area contributed by atoms with E-state index < -0.39 is 28.5 Å². The first-order valence-electron chi connectivity index (χ1n) is 14.1. The first kappa shape index (κ1) is 30.9. The summed E-state index contributed by atoms with van der Waals surface area (Å²) in [7, 11) is -1.05. The van der Waals surface area contributed by atoms with Gasteiger partial charge in [-0.3, -0.25) is 13.9 Å². The van der Waals surface area contributed by atoms with Crippen molar-refractivity contribution in [3.05, 3.63) is 90.0 Å². The second-order valence-electron chi connectivity index (χ2n) is 10.5. The number of amides is 2. The molecule has 1 aliphatic rings. The first-order valence-corrected chi connectivity index (χ1v) is 15.9. The third-order valence-electron chi connectivity index (χ3n) is 7.50. The van der Waals surface area contributed by atoms with E-state index in [1.54, 1.807) is 12.1 Å². The van der Waals surface area contributed by atoms with Gasteiger partial charge in [0.15, 0.2) is 0 Å². The number of rotatable bonds is 13. The van der Waals surface area contributed by atoms with Crippen LogP contribution in [-0.4, -0.2) is 64.2 Å². The summed E-state index contributed by atoms with van der Waals surface area (Å²) in [5.41, 5.74) is 1.88. The molecule has 0 saturated heterocycles. The zero-order valence-corrected chi connectivity index (χ0v) is 25.2. The Morgan fingerprint density at radius 2 is 1.52 bits per heavy atom. The van der Waals surface area contributed by atoms with Crippen molar-refractivity contribution in [2.45, 2.75) is 50.7 Å². The molecule has 1 saturated carbocycles. The molecule has 10 heteroatoms. The highest BCUT2D eigenvalue weighted by molar-refractivity contribution is 7.92. The number of hydrogen-bond donors (Lipinski definition) is 1. The molecule has 4 rings (SSSR count). The van der Waals surface area contributed by atoms with Crippen LogP contribution in [0.5, 0.6) is 11.5 Å². The van der Waals surface area contributed by atoms with Crippen LogP contribution in [0.3, 0.4) is 0 Å². The SMILES string of the molecule is COc1ccc(OC)c(N(CC(=O)N(Cc2ccccc2)C(Cc2ccccc2)C(=O)NC2CCCC2)S(C)(=O)=O)c1. The summed E-state index contributed by atoms with van der Waals surface area (Å²) in [6.07, 6.45) is 5.20. The Morgan fingerprint density at radius 1 is 0.905 bits per heavy atom. The second kappa shape index (κ2) is 14.2. The van der Waals surface area contributed by atoms with Gasteiger partial charge >= 0.3 is 0 Å². The van der Waals surface area contributed by atoms with E-state index >= 15 is 0 Å². The van der Waals surface area contributed by atoms with Crippen molar-refractivity contribution < 1.29 is 27.5 Å². The molecule has 0 bridgehead atoms. The van der Waals surface area contributed by atoms with Gasteiger partial charge in [-0.15, -0.1) is 0 Å². The maximum atomic E-state index is 14.3. The third-order valence-corrected chi connectivity index (χ3v) is 8.63. The van der Waals surface area contributed by atoms with Crippen LogP contribution in [0.4, 0.5) is 5.69 Å². The molecule has 9 nitrogen and oxygen atoms in total. The van der Waals surface area contributed by atoms with Crippen molar-refractivity contribution in [3.8, 4) is 11.5 Å². The summed E-state index contributed by atoms with van der Waals surface area (Å²) in [5, 5.41) is 3.17. The predicted octanol–water partition coefficient (Wildman–Crippen LogP) is 4.17. The fourth-order valence-corrected chi connectivity index (χ4v) is 6.13. The molecule has 1 aliphatic carbocycles. The maximum absolute atomic E-state index is 14.3. The number of nitrogens with one attached hydrogen (secondary N) is 1. The van der Waals surface area contributed by atoms with E-state index in [0.717, 1.165) is 47.4 Å². The van der Waals surface area contributed by atoms with Gasteiger partial charge in [0, 0.05) is 25.1 Å². The smallest absolute Gasteiger partial charge is 0.244 e. The number of anilines is 1. The van der Waals surface area contributed by atoms with Gasteiger partial charge in [-0.05, 0) is 36.1 Å². The lowest BCUT2D eigenvalue weighted by molar-refractivity contribution is -0.140. The second-order valence-corrected chi connectivity index (χ2v) is 12.4. The van der Waals surface area contributed by atoms with Crippen molar-refractivity contribution in [2.24, 2.45) is 0 Å². The summed E-state index contributed by atoms with van der Waals surface area (Å²) < 4.78 is 38.0. The van der Waals surface area contributed by atoms with E-state index in [1.807, 2.05) is 60.7 Å². The summed E-state index contributed by atoms with van der Waals surface area (Å²) in [5.74, 6) is -0.0917. The van der Waals surface area contributed by atoms with Crippen molar-refractivity contribution in [1.82, 2.24) is 10.2 Å². The highest BCUT2D eigenvalue weighted by Gasteiger charge is 2.35. The molecule has 1 N–H and O–H groups in total. The lowest BCUT2D eigenvalue weighted by atomic mass is 10.0. The zero-order chi connectivity index (χ0) is 30.1. The lowest BCUT2D eigenvalue weighted by Crippen LogP contribution is -2.54. The number of ether oxygens (including phenoxy) is 2. The Labute approximate surface area is 248 Å². The average molecular weight is 594 g/mol. The fourth-order valence-electron chi connectivity index (χ4n) is 5.29. The molecule has 0 spiro atoms. The maximum Gasteiger partial charge on any atom is 0.244 e. The molecular formula is C32H39N3O6S. The van der Waals surface area contributed by atoms with Crippen LogP contribution in [0.1, 0.15) is 36.8 Å².